The predicted octanol–water partition coefficient (Wildman–Crippen LogP) is 3.75. The highest BCUT2D eigenvalue weighted by Gasteiger charge is 2.08. The van der Waals surface area contributed by atoms with E-state index >= 15 is 0 Å². The maximum atomic E-state index is 14.3. The third-order valence-corrected chi connectivity index (χ3v) is 3.48. The SMILES string of the molecule is COc1ccc(/C=C(\F)c2cn(-c3ccc(OC)cc3)nn2)cc1. The van der Waals surface area contributed by atoms with Gasteiger partial charge in [-0.2, -0.15) is 0 Å². The Morgan fingerprint density at radius 1 is 0.958 bits per heavy atom. The van der Waals surface area contributed by atoms with Crippen LogP contribution < -0.4 is 9.47 Å². The van der Waals surface area contributed by atoms with Crippen LogP contribution in [0.25, 0.3) is 17.6 Å². The Hall–Kier alpha value is -3.15. The molecule has 0 fully saturated rings. The Morgan fingerprint density at radius 2 is 1.54 bits per heavy atom. The van der Waals surface area contributed by atoms with Gasteiger partial charge in [0.2, 0.25) is 0 Å². The second-order valence-corrected chi connectivity index (χ2v) is 5.01. The van der Waals surface area contributed by atoms with Gasteiger partial charge in [0.25, 0.3) is 0 Å². The van der Waals surface area contributed by atoms with Crippen molar-refractivity contribution in [1.29, 1.82) is 0 Å². The Labute approximate surface area is 139 Å². The van der Waals surface area contributed by atoms with Crippen molar-refractivity contribution in [3.63, 3.8) is 0 Å². The number of nitrogens with zero attached hydrogens (tertiary/aromatic N) is 3. The molecule has 24 heavy (non-hydrogen) atoms. The zero-order valence-corrected chi connectivity index (χ0v) is 13.3. The highest BCUT2D eigenvalue weighted by Crippen LogP contribution is 2.21. The van der Waals surface area contributed by atoms with E-state index < -0.39 is 5.83 Å². The first kappa shape index (κ1) is 15.7. The lowest BCUT2D eigenvalue weighted by Crippen LogP contribution is -1.94. The van der Waals surface area contributed by atoms with Crippen LogP contribution in [0.15, 0.2) is 54.7 Å². The number of aromatic nitrogens is 3. The van der Waals surface area contributed by atoms with Gasteiger partial charge in [0, 0.05) is 0 Å². The largest absolute Gasteiger partial charge is 0.497 e. The maximum Gasteiger partial charge on any atom is 0.152 e. The third kappa shape index (κ3) is 3.43. The van der Waals surface area contributed by atoms with E-state index in [1.165, 1.54) is 17.0 Å². The first-order valence-electron chi connectivity index (χ1n) is 7.28. The minimum atomic E-state index is -0.458. The summed E-state index contributed by atoms with van der Waals surface area (Å²) in [6.45, 7) is 0. The fourth-order valence-electron chi connectivity index (χ4n) is 2.15. The van der Waals surface area contributed by atoms with Crippen LogP contribution in [0.4, 0.5) is 4.39 Å². The number of rotatable bonds is 5. The Morgan fingerprint density at radius 3 is 2.12 bits per heavy atom. The molecule has 0 atom stereocenters. The summed E-state index contributed by atoms with van der Waals surface area (Å²) in [6, 6.07) is 14.3. The zero-order chi connectivity index (χ0) is 16.9. The summed E-state index contributed by atoms with van der Waals surface area (Å²) < 4.78 is 26.0. The van der Waals surface area contributed by atoms with Gasteiger partial charge in [-0.1, -0.05) is 17.3 Å². The number of halogens is 1. The summed E-state index contributed by atoms with van der Waals surface area (Å²) in [4.78, 5) is 0. The van der Waals surface area contributed by atoms with Gasteiger partial charge in [0.05, 0.1) is 26.1 Å². The lowest BCUT2D eigenvalue weighted by Gasteiger charge is -2.02. The summed E-state index contributed by atoms with van der Waals surface area (Å²) in [6.07, 6.45) is 2.94. The molecule has 3 rings (SSSR count). The first-order valence-corrected chi connectivity index (χ1v) is 7.28. The van der Waals surface area contributed by atoms with Gasteiger partial charge in [-0.3, -0.25) is 0 Å². The van der Waals surface area contributed by atoms with Crippen LogP contribution in [0.5, 0.6) is 11.5 Å². The molecule has 0 saturated carbocycles. The van der Waals surface area contributed by atoms with Crippen molar-refractivity contribution in [3.8, 4) is 17.2 Å². The average molecular weight is 325 g/mol. The Balaban J connectivity index is 1.81. The highest BCUT2D eigenvalue weighted by atomic mass is 19.1. The van der Waals surface area contributed by atoms with Crippen LogP contribution in [0.2, 0.25) is 0 Å². The summed E-state index contributed by atoms with van der Waals surface area (Å²) in [7, 11) is 3.19. The van der Waals surface area contributed by atoms with E-state index in [9.17, 15) is 4.39 Å². The molecule has 0 unspecified atom stereocenters. The van der Waals surface area contributed by atoms with Crippen LogP contribution in [-0.4, -0.2) is 29.2 Å². The molecule has 0 aliphatic carbocycles. The zero-order valence-electron chi connectivity index (χ0n) is 13.3. The van der Waals surface area contributed by atoms with E-state index in [1.807, 2.05) is 12.1 Å². The quantitative estimate of drug-likeness (QED) is 0.717. The van der Waals surface area contributed by atoms with E-state index in [1.54, 1.807) is 50.6 Å². The van der Waals surface area contributed by atoms with Crippen molar-refractivity contribution in [2.45, 2.75) is 0 Å². The van der Waals surface area contributed by atoms with Crippen LogP contribution in [-0.2, 0) is 0 Å². The Kier molecular flexibility index (Phi) is 4.56. The molecule has 0 saturated heterocycles. The first-order chi connectivity index (χ1) is 11.7. The summed E-state index contributed by atoms with van der Waals surface area (Å²) in [5.74, 6) is 1.00. The normalized spacial score (nSPS) is 11.4. The summed E-state index contributed by atoms with van der Waals surface area (Å²) in [5.41, 5.74) is 1.65. The van der Waals surface area contributed by atoms with Gasteiger partial charge in [0.1, 0.15) is 17.2 Å². The van der Waals surface area contributed by atoms with Crippen LogP contribution in [0, 0.1) is 0 Å². The van der Waals surface area contributed by atoms with E-state index in [-0.39, 0.29) is 5.69 Å². The van der Waals surface area contributed by atoms with Crippen LogP contribution >= 0.6 is 0 Å². The second-order valence-electron chi connectivity index (χ2n) is 5.01. The van der Waals surface area contributed by atoms with Gasteiger partial charge in [-0.15, -0.1) is 5.10 Å². The Bertz CT molecular complexity index is 839. The monoisotopic (exact) mass is 325 g/mol. The van der Waals surface area contributed by atoms with Crippen molar-refractivity contribution < 1.29 is 13.9 Å². The van der Waals surface area contributed by atoms with Crippen molar-refractivity contribution in [3.05, 3.63) is 66.0 Å². The lowest BCUT2D eigenvalue weighted by atomic mass is 10.2. The fraction of sp³-hybridized carbons (Fsp3) is 0.111. The third-order valence-electron chi connectivity index (χ3n) is 3.48. The van der Waals surface area contributed by atoms with E-state index in [0.29, 0.717) is 5.56 Å². The van der Waals surface area contributed by atoms with Gasteiger partial charge in [-0.05, 0) is 48.0 Å². The molecule has 0 bridgehead atoms. The van der Waals surface area contributed by atoms with Crippen molar-refractivity contribution in [2.24, 2.45) is 0 Å². The molecule has 0 N–H and O–H groups in total. The lowest BCUT2D eigenvalue weighted by molar-refractivity contribution is 0.414. The van der Waals surface area contributed by atoms with Gasteiger partial charge >= 0.3 is 0 Å². The number of benzene rings is 2. The standard InChI is InChI=1S/C18H16FN3O2/c1-23-15-7-3-13(4-8-15)11-17(19)18-12-22(21-20-18)14-5-9-16(24-2)10-6-14/h3-12H,1-2H3/b17-11-. The van der Waals surface area contributed by atoms with Crippen molar-refractivity contribution in [1.82, 2.24) is 15.0 Å². The molecule has 122 valence electrons. The van der Waals surface area contributed by atoms with Crippen LogP contribution in [0.3, 0.4) is 0 Å². The molecule has 0 amide bonds. The number of hydrogen-bond donors (Lipinski definition) is 0. The maximum absolute atomic E-state index is 14.3. The smallest absolute Gasteiger partial charge is 0.152 e. The number of hydrogen-bond acceptors (Lipinski definition) is 4. The summed E-state index contributed by atoms with van der Waals surface area (Å²) >= 11 is 0. The van der Waals surface area contributed by atoms with Crippen molar-refractivity contribution in [2.75, 3.05) is 14.2 Å². The minimum Gasteiger partial charge on any atom is -0.497 e. The molecule has 0 aliphatic heterocycles. The van der Waals surface area contributed by atoms with E-state index in [0.717, 1.165) is 17.2 Å². The van der Waals surface area contributed by atoms with Crippen LogP contribution in [0.1, 0.15) is 11.3 Å². The van der Waals surface area contributed by atoms with Gasteiger partial charge < -0.3 is 9.47 Å². The van der Waals surface area contributed by atoms with E-state index in [2.05, 4.69) is 10.3 Å². The molecule has 5 nitrogen and oxygen atoms in total. The molecular formula is C18H16FN3O2. The average Bonchev–Trinajstić information content (AvgIpc) is 3.13. The van der Waals surface area contributed by atoms with Crippen molar-refractivity contribution >= 4 is 11.9 Å². The highest BCUT2D eigenvalue weighted by molar-refractivity contribution is 5.75. The van der Waals surface area contributed by atoms with Gasteiger partial charge in [0.15, 0.2) is 5.83 Å². The molecule has 0 spiro atoms. The number of methoxy groups -OCH3 is 2. The second kappa shape index (κ2) is 6.95. The molecule has 1 heterocycles. The molecule has 2 aromatic carbocycles. The molecule has 3 aromatic rings. The molecule has 1 aromatic heterocycles. The fourth-order valence-corrected chi connectivity index (χ4v) is 2.15. The molecule has 6 heteroatoms. The molecule has 0 aliphatic rings. The van der Waals surface area contributed by atoms with E-state index in [4.69, 9.17) is 9.47 Å². The topological polar surface area (TPSA) is 49.2 Å². The van der Waals surface area contributed by atoms with Gasteiger partial charge in [-0.25, -0.2) is 9.07 Å². The molecule has 0 radical (unpaired) electrons. The predicted molar refractivity (Wildman–Crippen MR) is 89.9 cm³/mol. The number of ether oxygens (including phenoxy) is 2. The molecular weight excluding hydrogens is 309 g/mol. The summed E-state index contributed by atoms with van der Waals surface area (Å²) in [5, 5.41) is 7.84. The minimum absolute atomic E-state index is 0.168.